The highest BCUT2D eigenvalue weighted by atomic mass is 16.5. The Balaban J connectivity index is 1.67. The second-order valence-corrected chi connectivity index (χ2v) is 6.15. The van der Waals surface area contributed by atoms with Gasteiger partial charge in [0.25, 0.3) is 5.91 Å². The van der Waals surface area contributed by atoms with Crippen LogP contribution in [-0.2, 0) is 7.05 Å². The summed E-state index contributed by atoms with van der Waals surface area (Å²) in [4.78, 5) is 17.0. The van der Waals surface area contributed by atoms with E-state index in [1.165, 1.54) is 0 Å². The van der Waals surface area contributed by atoms with Gasteiger partial charge in [0.1, 0.15) is 5.75 Å². The number of benzene rings is 1. The van der Waals surface area contributed by atoms with Crippen LogP contribution in [0.5, 0.6) is 5.75 Å². The molecule has 1 aromatic heterocycles. The Morgan fingerprint density at radius 1 is 1.08 bits per heavy atom. The first-order valence-electron chi connectivity index (χ1n) is 8.19. The van der Waals surface area contributed by atoms with Gasteiger partial charge in [-0.1, -0.05) is 0 Å². The van der Waals surface area contributed by atoms with Gasteiger partial charge in [-0.2, -0.15) is 5.10 Å². The minimum atomic E-state index is 0.0903. The fourth-order valence-electron chi connectivity index (χ4n) is 3.20. The van der Waals surface area contributed by atoms with E-state index in [2.05, 4.69) is 22.1 Å². The van der Waals surface area contributed by atoms with E-state index in [9.17, 15) is 4.79 Å². The summed E-state index contributed by atoms with van der Waals surface area (Å²) >= 11 is 0. The lowest BCUT2D eigenvalue weighted by Crippen LogP contribution is -2.49. The summed E-state index contributed by atoms with van der Waals surface area (Å²) in [6, 6.07) is 8.06. The first kappa shape index (κ1) is 16.4. The zero-order valence-corrected chi connectivity index (χ0v) is 14.7. The number of carbonyl (C=O) groups is 1. The van der Waals surface area contributed by atoms with E-state index >= 15 is 0 Å². The normalized spacial score (nSPS) is 14.8. The van der Waals surface area contributed by atoms with Gasteiger partial charge in [-0.15, -0.1) is 0 Å². The molecule has 0 saturated carbocycles. The lowest BCUT2D eigenvalue weighted by molar-refractivity contribution is 0.0745. The van der Waals surface area contributed by atoms with Crippen molar-refractivity contribution in [2.24, 2.45) is 7.05 Å². The van der Waals surface area contributed by atoms with Crippen LogP contribution in [0.25, 0.3) is 0 Å². The second kappa shape index (κ2) is 6.55. The maximum atomic E-state index is 12.8. The summed E-state index contributed by atoms with van der Waals surface area (Å²) in [6.45, 7) is 6.94. The van der Waals surface area contributed by atoms with E-state index in [1.54, 1.807) is 11.8 Å². The molecular weight excluding hydrogens is 304 g/mol. The van der Waals surface area contributed by atoms with Gasteiger partial charge in [0, 0.05) is 44.6 Å². The number of carbonyl (C=O) groups excluding carboxylic acids is 1. The highest BCUT2D eigenvalue weighted by molar-refractivity contribution is 5.96. The van der Waals surface area contributed by atoms with E-state index in [1.807, 2.05) is 37.9 Å². The van der Waals surface area contributed by atoms with Crippen molar-refractivity contribution in [3.8, 4) is 5.75 Å². The summed E-state index contributed by atoms with van der Waals surface area (Å²) in [5, 5.41) is 4.35. The van der Waals surface area contributed by atoms with Crippen LogP contribution < -0.4 is 9.64 Å². The highest BCUT2D eigenvalue weighted by Gasteiger charge is 2.26. The molecule has 2 heterocycles. The molecule has 0 atom stereocenters. The van der Waals surface area contributed by atoms with Crippen molar-refractivity contribution in [3.05, 3.63) is 41.2 Å². The van der Waals surface area contributed by atoms with Gasteiger partial charge >= 0.3 is 0 Å². The average Bonchev–Trinajstić information content (AvgIpc) is 2.87. The molecule has 6 nitrogen and oxygen atoms in total. The van der Waals surface area contributed by atoms with Crippen molar-refractivity contribution < 1.29 is 9.53 Å². The molecule has 0 unspecified atom stereocenters. The summed E-state index contributed by atoms with van der Waals surface area (Å²) < 4.78 is 6.97. The van der Waals surface area contributed by atoms with Crippen molar-refractivity contribution in [2.45, 2.75) is 13.8 Å². The number of aromatic nitrogens is 2. The number of hydrogen-bond acceptors (Lipinski definition) is 4. The highest BCUT2D eigenvalue weighted by Crippen LogP contribution is 2.22. The van der Waals surface area contributed by atoms with Gasteiger partial charge in [-0.25, -0.2) is 0 Å². The minimum absolute atomic E-state index is 0.0903. The average molecular weight is 328 g/mol. The van der Waals surface area contributed by atoms with E-state index in [4.69, 9.17) is 4.74 Å². The van der Waals surface area contributed by atoms with Gasteiger partial charge in [0.15, 0.2) is 0 Å². The van der Waals surface area contributed by atoms with Crippen molar-refractivity contribution in [1.82, 2.24) is 14.7 Å². The molecule has 1 aromatic carbocycles. The largest absolute Gasteiger partial charge is 0.497 e. The van der Waals surface area contributed by atoms with E-state index in [0.717, 1.165) is 54.6 Å². The molecule has 1 aliphatic heterocycles. The van der Waals surface area contributed by atoms with Crippen molar-refractivity contribution >= 4 is 11.6 Å². The summed E-state index contributed by atoms with van der Waals surface area (Å²) in [5.74, 6) is 0.947. The standard InChI is InChI=1S/C18H24N4O2/c1-13-17(14(2)20(3)19-13)18(23)22-11-9-21(10-12-22)15-5-7-16(24-4)8-6-15/h5-8H,9-12H2,1-4H3. The third kappa shape index (κ3) is 2.96. The SMILES string of the molecule is COc1ccc(N2CCN(C(=O)c3c(C)nn(C)c3C)CC2)cc1. The van der Waals surface area contributed by atoms with Crippen LogP contribution in [0.15, 0.2) is 24.3 Å². The lowest BCUT2D eigenvalue weighted by atomic mass is 10.1. The monoisotopic (exact) mass is 328 g/mol. The molecule has 0 spiro atoms. The van der Waals surface area contributed by atoms with Gasteiger partial charge in [-0.3, -0.25) is 9.48 Å². The minimum Gasteiger partial charge on any atom is -0.497 e. The predicted molar refractivity (Wildman–Crippen MR) is 93.8 cm³/mol. The van der Waals surface area contributed by atoms with Crippen molar-refractivity contribution in [2.75, 3.05) is 38.2 Å². The number of aryl methyl sites for hydroxylation is 2. The van der Waals surface area contributed by atoms with Crippen LogP contribution in [0.4, 0.5) is 5.69 Å². The Kier molecular flexibility index (Phi) is 4.46. The molecule has 0 radical (unpaired) electrons. The Morgan fingerprint density at radius 3 is 2.21 bits per heavy atom. The smallest absolute Gasteiger partial charge is 0.257 e. The van der Waals surface area contributed by atoms with Crippen LogP contribution in [0, 0.1) is 13.8 Å². The first-order chi connectivity index (χ1) is 11.5. The fourth-order valence-corrected chi connectivity index (χ4v) is 3.20. The number of nitrogens with zero attached hydrogens (tertiary/aromatic N) is 4. The number of amides is 1. The first-order valence-corrected chi connectivity index (χ1v) is 8.19. The molecule has 0 bridgehead atoms. The third-order valence-corrected chi connectivity index (χ3v) is 4.73. The van der Waals surface area contributed by atoms with Crippen LogP contribution in [-0.4, -0.2) is 53.9 Å². The zero-order chi connectivity index (χ0) is 17.3. The Hall–Kier alpha value is -2.50. The number of piperazine rings is 1. The Morgan fingerprint density at radius 2 is 1.71 bits per heavy atom. The van der Waals surface area contributed by atoms with Gasteiger partial charge in [0.2, 0.25) is 0 Å². The van der Waals surface area contributed by atoms with Gasteiger partial charge in [0.05, 0.1) is 18.4 Å². The molecule has 1 aliphatic rings. The maximum absolute atomic E-state index is 12.8. The molecule has 1 amide bonds. The molecule has 3 rings (SSSR count). The molecule has 1 saturated heterocycles. The Labute approximate surface area is 142 Å². The van der Waals surface area contributed by atoms with Crippen molar-refractivity contribution in [3.63, 3.8) is 0 Å². The molecule has 6 heteroatoms. The van der Waals surface area contributed by atoms with E-state index in [-0.39, 0.29) is 5.91 Å². The van der Waals surface area contributed by atoms with Crippen LogP contribution in [0.1, 0.15) is 21.7 Å². The zero-order valence-electron chi connectivity index (χ0n) is 14.7. The molecule has 24 heavy (non-hydrogen) atoms. The quantitative estimate of drug-likeness (QED) is 0.865. The van der Waals surface area contributed by atoms with Crippen LogP contribution in [0.2, 0.25) is 0 Å². The van der Waals surface area contributed by atoms with Gasteiger partial charge < -0.3 is 14.5 Å². The maximum Gasteiger partial charge on any atom is 0.257 e. The summed E-state index contributed by atoms with van der Waals surface area (Å²) in [6.07, 6.45) is 0. The van der Waals surface area contributed by atoms with E-state index in [0.29, 0.717) is 0 Å². The fraction of sp³-hybridized carbons (Fsp3) is 0.444. The molecule has 0 N–H and O–H groups in total. The molecule has 0 aliphatic carbocycles. The number of ether oxygens (including phenoxy) is 1. The summed E-state index contributed by atoms with van der Waals surface area (Å²) in [7, 11) is 3.54. The molecular formula is C18H24N4O2. The van der Waals surface area contributed by atoms with E-state index < -0.39 is 0 Å². The second-order valence-electron chi connectivity index (χ2n) is 6.15. The summed E-state index contributed by atoms with van der Waals surface area (Å²) in [5.41, 5.74) is 3.64. The lowest BCUT2D eigenvalue weighted by Gasteiger charge is -2.36. The van der Waals surface area contributed by atoms with Crippen LogP contribution >= 0.6 is 0 Å². The topological polar surface area (TPSA) is 50.6 Å². The number of hydrogen-bond donors (Lipinski definition) is 0. The number of methoxy groups -OCH3 is 1. The number of anilines is 1. The van der Waals surface area contributed by atoms with Crippen molar-refractivity contribution in [1.29, 1.82) is 0 Å². The predicted octanol–water partition coefficient (Wildman–Crippen LogP) is 2.01. The molecule has 128 valence electrons. The molecule has 1 fully saturated rings. The number of rotatable bonds is 3. The van der Waals surface area contributed by atoms with Gasteiger partial charge in [-0.05, 0) is 38.1 Å². The Bertz CT molecular complexity index is 728. The van der Waals surface area contributed by atoms with Crippen LogP contribution in [0.3, 0.4) is 0 Å². The molecule has 2 aromatic rings. The third-order valence-electron chi connectivity index (χ3n) is 4.73.